The van der Waals surface area contributed by atoms with E-state index >= 15 is 0 Å². The first-order valence-corrected chi connectivity index (χ1v) is 37.6. The summed E-state index contributed by atoms with van der Waals surface area (Å²) in [6.07, 6.45) is 3.07. The quantitative estimate of drug-likeness (QED) is 0.0168. The smallest absolute Gasteiger partial charge is 0.243 e. The number of fused-ring (bicyclic) bond motifs is 1. The minimum absolute atomic E-state index is 0.00466. The molecule has 0 saturated heterocycles. The van der Waals surface area contributed by atoms with Crippen LogP contribution in [0.2, 0.25) is 0 Å². The molecular formula is C71H127N27O12. The first kappa shape index (κ1) is 95.5. The number of carbonyl (C=O) groups excluding carboxylic acids is 12. The SMILES string of the molecule is CC[C@H](C)[C@H](NC(=O)[C@H](CCCN=C(N)N)NC(=O)[C@H](CCCN)NC(=O)[C@H](C)NC(=O)[C@@H](NC(=O)[C@@H](NC(=O)[C@H](CC(C)C)NC(=O)[C@H](CCCN=C(N)N)NC(=O)[C@@H](N)C(C)C)[C@@H](C)CC)C(C)C)C(=O)N[C@@H](Cc1c[nH]c2ccccc12)C(=O)N[C@@H](CCCN=C(N)N)C(=O)N[C@@H](CCCN=C(N)N)C(N)=O. The molecule has 2 aromatic rings. The molecule has 0 fully saturated rings. The maximum atomic E-state index is 15.0. The Hall–Kier alpha value is -10.6. The highest BCUT2D eigenvalue weighted by atomic mass is 16.2. The highest BCUT2D eigenvalue weighted by Gasteiger charge is 2.39. The van der Waals surface area contributed by atoms with Crippen molar-refractivity contribution in [3.05, 3.63) is 36.0 Å². The van der Waals surface area contributed by atoms with Gasteiger partial charge in [-0.25, -0.2) is 0 Å². The van der Waals surface area contributed by atoms with Gasteiger partial charge in [-0.3, -0.25) is 77.5 Å². The molecule has 2 rings (SSSR count). The zero-order valence-electron chi connectivity index (χ0n) is 65.7. The predicted octanol–water partition coefficient (Wildman–Crippen LogP) is -4.72. The summed E-state index contributed by atoms with van der Waals surface area (Å²) in [6.45, 7) is 19.1. The van der Waals surface area contributed by atoms with Gasteiger partial charge in [0.2, 0.25) is 70.9 Å². The molecule has 1 aromatic carbocycles. The lowest BCUT2D eigenvalue weighted by molar-refractivity contribution is -0.137. The van der Waals surface area contributed by atoms with Gasteiger partial charge in [0.15, 0.2) is 23.8 Å². The van der Waals surface area contributed by atoms with Crippen molar-refractivity contribution < 1.29 is 57.5 Å². The Morgan fingerprint density at radius 1 is 0.391 bits per heavy atom. The lowest BCUT2D eigenvalue weighted by Crippen LogP contribution is -2.62. The average Bonchev–Trinajstić information content (AvgIpc) is 1.47. The molecule has 0 radical (unpaired) electrons. The number of para-hydroxylation sites is 1. The highest BCUT2D eigenvalue weighted by Crippen LogP contribution is 2.21. The number of carbonyl (C=O) groups is 12. The molecule has 1 heterocycles. The Morgan fingerprint density at radius 2 is 0.736 bits per heavy atom. The summed E-state index contributed by atoms with van der Waals surface area (Å²) in [6, 6.07) is -8.29. The molecule has 0 saturated carbocycles. The molecule has 0 bridgehead atoms. The van der Waals surface area contributed by atoms with Gasteiger partial charge in [-0.05, 0) is 125 Å². The number of H-pyrrole nitrogens is 1. The van der Waals surface area contributed by atoms with E-state index < -0.39 is 161 Å². The van der Waals surface area contributed by atoms with Crippen LogP contribution in [-0.4, -0.2) is 205 Å². The van der Waals surface area contributed by atoms with Crippen molar-refractivity contribution in [3.8, 4) is 0 Å². The van der Waals surface area contributed by atoms with Crippen LogP contribution in [0.3, 0.4) is 0 Å². The molecule has 0 spiro atoms. The number of nitrogens with zero attached hydrogens (tertiary/aromatic N) is 4. The number of hydrogen-bond donors (Lipinski definition) is 23. The number of nitrogens with two attached hydrogens (primary N) is 11. The third-order valence-corrected chi connectivity index (χ3v) is 18.3. The number of amides is 12. The summed E-state index contributed by atoms with van der Waals surface area (Å²) in [7, 11) is 0. The Labute approximate surface area is 644 Å². The Morgan fingerprint density at radius 3 is 1.15 bits per heavy atom. The molecular weight excluding hydrogens is 1420 g/mol. The fourth-order valence-electron chi connectivity index (χ4n) is 11.4. The van der Waals surface area contributed by atoms with Crippen LogP contribution in [0.25, 0.3) is 10.9 Å². The first-order valence-electron chi connectivity index (χ1n) is 37.6. The molecule has 0 unspecified atom stereocenters. The minimum Gasteiger partial charge on any atom is -0.370 e. The standard InChI is InChI=1S/C71H127N27O12/c1-12-39(9)54(66(109)95-51(34-42-35-87-44-22-15-14-21-43(42)44)62(105)92-47(25-18-30-84-69(77)78)58(101)89-45(56(74)99)24-17-29-83-68(75)76)97-61(104)49(27-20-32-86-71(81)82)91-59(102)46(23-16-28-72)90-57(100)41(11)88-65(108)53(38(7)8)96-67(110)55(40(10)13-2)98-63(106)50(33-36(3)4)94-60(103)48(26-19-31-85-70(79)80)93-64(107)52(73)37(5)6/h14-15,21-22,35-41,45-55,87H,12-13,16-20,23-34,72-73H2,1-11H3,(H2,74,99)(H,88,108)(H,89,101)(H,90,100)(H,91,102)(H,92,105)(H,93,107)(H,94,103)(H,95,109)(H,96,110)(H,97,104)(H,98,106)(H4,75,76,83)(H4,77,78,84)(H4,79,80,85)(H4,81,82,86)/t39-,40-,41-,45-,46-,47-,48-,49-,50-,51-,52-,53-,54-,55-/m0/s1. The van der Waals surface area contributed by atoms with Crippen LogP contribution in [0.4, 0.5) is 0 Å². The summed E-state index contributed by atoms with van der Waals surface area (Å²) in [5.74, 6) is -12.5. The summed E-state index contributed by atoms with van der Waals surface area (Å²) in [5.41, 5.74) is 63.4. The Balaban J connectivity index is 2.54. The van der Waals surface area contributed by atoms with E-state index in [0.29, 0.717) is 29.3 Å². The fraction of sp³-hybridized carbons (Fsp3) is 0.662. The Kier molecular flexibility index (Phi) is 42.9. The van der Waals surface area contributed by atoms with E-state index in [0.717, 1.165) is 0 Å². The van der Waals surface area contributed by atoms with E-state index in [-0.39, 0.29) is 145 Å². The van der Waals surface area contributed by atoms with Crippen LogP contribution in [-0.2, 0) is 64.0 Å². The lowest BCUT2D eigenvalue weighted by Gasteiger charge is -2.31. The third-order valence-electron chi connectivity index (χ3n) is 18.3. The number of hydrogen-bond acceptors (Lipinski definition) is 18. The fourth-order valence-corrected chi connectivity index (χ4v) is 11.4. The van der Waals surface area contributed by atoms with E-state index in [1.807, 2.05) is 19.9 Å². The first-order chi connectivity index (χ1) is 51.8. The van der Waals surface area contributed by atoms with E-state index in [1.165, 1.54) is 6.92 Å². The largest absolute Gasteiger partial charge is 0.370 e. The van der Waals surface area contributed by atoms with Crippen LogP contribution in [0, 0.1) is 29.6 Å². The Bertz CT molecular complexity index is 3460. The molecule has 0 aliphatic carbocycles. The number of primary amides is 1. The lowest BCUT2D eigenvalue weighted by atomic mass is 9.95. The van der Waals surface area contributed by atoms with E-state index in [9.17, 15) is 57.5 Å². The van der Waals surface area contributed by atoms with Gasteiger partial charge in [0, 0.05) is 49.7 Å². The van der Waals surface area contributed by atoms with E-state index in [2.05, 4.69) is 83.4 Å². The van der Waals surface area contributed by atoms with Gasteiger partial charge in [0.25, 0.3) is 0 Å². The highest BCUT2D eigenvalue weighted by molar-refractivity contribution is 6.00. The van der Waals surface area contributed by atoms with Crippen LogP contribution in [0.15, 0.2) is 50.4 Å². The van der Waals surface area contributed by atoms with Crippen molar-refractivity contribution >= 4 is 106 Å². The second-order valence-electron chi connectivity index (χ2n) is 28.7. The van der Waals surface area contributed by atoms with E-state index in [1.54, 1.807) is 79.8 Å². The second-order valence-corrected chi connectivity index (χ2v) is 28.7. The predicted molar refractivity (Wildman–Crippen MR) is 422 cm³/mol. The number of nitrogens with one attached hydrogen (secondary N) is 12. The summed E-state index contributed by atoms with van der Waals surface area (Å²) in [5, 5.41) is 30.6. The van der Waals surface area contributed by atoms with Gasteiger partial charge in [-0.1, -0.05) is 100 Å². The van der Waals surface area contributed by atoms with Crippen molar-refractivity contribution in [2.75, 3.05) is 32.7 Å². The second kappa shape index (κ2) is 49.4. The molecule has 12 amide bonds. The third kappa shape index (κ3) is 34.7. The molecule has 39 nitrogen and oxygen atoms in total. The zero-order chi connectivity index (χ0) is 83.1. The van der Waals surface area contributed by atoms with Crippen molar-refractivity contribution in [2.45, 2.75) is 239 Å². The van der Waals surface area contributed by atoms with Crippen molar-refractivity contribution in [1.82, 2.24) is 63.5 Å². The average molecular weight is 1550 g/mol. The van der Waals surface area contributed by atoms with Crippen molar-refractivity contribution in [2.24, 2.45) is 113 Å². The van der Waals surface area contributed by atoms with Crippen molar-refractivity contribution in [1.29, 1.82) is 0 Å². The number of rotatable bonds is 52. The summed E-state index contributed by atoms with van der Waals surface area (Å²) < 4.78 is 0. The summed E-state index contributed by atoms with van der Waals surface area (Å²) in [4.78, 5) is 190. The van der Waals surface area contributed by atoms with Gasteiger partial charge in [0.1, 0.15) is 66.5 Å². The van der Waals surface area contributed by atoms with Gasteiger partial charge in [-0.2, -0.15) is 0 Å². The van der Waals surface area contributed by atoms with Crippen LogP contribution in [0.1, 0.15) is 165 Å². The minimum atomic E-state index is -1.45. The molecule has 618 valence electrons. The van der Waals surface area contributed by atoms with Crippen LogP contribution >= 0.6 is 0 Å². The molecule has 34 N–H and O–H groups in total. The monoisotopic (exact) mass is 1550 g/mol. The maximum absolute atomic E-state index is 15.0. The van der Waals surface area contributed by atoms with Gasteiger partial charge in [0.05, 0.1) is 6.04 Å². The number of aromatic amines is 1. The molecule has 0 aliphatic rings. The number of benzene rings is 1. The van der Waals surface area contributed by atoms with Crippen LogP contribution in [0.5, 0.6) is 0 Å². The zero-order valence-corrected chi connectivity index (χ0v) is 65.7. The summed E-state index contributed by atoms with van der Waals surface area (Å²) >= 11 is 0. The van der Waals surface area contributed by atoms with Gasteiger partial charge in [-0.15, -0.1) is 0 Å². The molecule has 39 heteroatoms. The molecule has 1 aromatic heterocycles. The number of guanidine groups is 4. The molecule has 110 heavy (non-hydrogen) atoms. The van der Waals surface area contributed by atoms with Crippen LogP contribution < -0.4 is 122 Å². The van der Waals surface area contributed by atoms with Crippen molar-refractivity contribution in [3.63, 3.8) is 0 Å². The normalized spacial score (nSPS) is 15.1. The maximum Gasteiger partial charge on any atom is 0.243 e. The number of aliphatic imine (C=N–C) groups is 4. The van der Waals surface area contributed by atoms with Gasteiger partial charge < -0.3 is 127 Å². The van der Waals surface area contributed by atoms with E-state index in [4.69, 9.17) is 63.1 Å². The molecule has 0 aliphatic heterocycles. The molecule has 14 atom stereocenters. The topological polar surface area (TPSA) is 689 Å². The number of aromatic nitrogens is 1. The van der Waals surface area contributed by atoms with Gasteiger partial charge >= 0.3 is 0 Å².